The maximum atomic E-state index is 12.0. The number of carboxylic acids is 1. The van der Waals surface area contributed by atoms with Crippen LogP contribution in [0.15, 0.2) is 24.3 Å². The summed E-state index contributed by atoms with van der Waals surface area (Å²) in [5.41, 5.74) is 1.17. The average Bonchev–Trinajstić information content (AvgIpc) is 2.87. The molecule has 1 aliphatic heterocycles. The molecule has 6 nitrogen and oxygen atoms in total. The number of aliphatic carboxylic acids is 1. The number of ether oxygens (including phenoxy) is 1. The van der Waals surface area contributed by atoms with Gasteiger partial charge in [0.05, 0.1) is 6.10 Å². The second kappa shape index (κ2) is 6.58. The van der Waals surface area contributed by atoms with E-state index in [-0.39, 0.29) is 19.6 Å². The molecule has 2 rings (SSSR count). The van der Waals surface area contributed by atoms with E-state index in [1.54, 1.807) is 12.1 Å². The number of hydrogen-bond donors (Lipinski definition) is 2. The van der Waals surface area contributed by atoms with Crippen LogP contribution < -0.4 is 4.74 Å². The van der Waals surface area contributed by atoms with Gasteiger partial charge in [-0.2, -0.15) is 0 Å². The molecule has 2 atom stereocenters. The normalized spacial score (nSPS) is 21.3. The number of likely N-dealkylation sites (tertiary alicyclic amines) is 1. The zero-order chi connectivity index (χ0) is 15.4. The Balaban J connectivity index is 1.92. The number of carbonyl (C=O) groups is 2. The Bertz CT molecular complexity index is 513. The first-order chi connectivity index (χ1) is 10.0. The summed E-state index contributed by atoms with van der Waals surface area (Å²) < 4.78 is 5.38. The van der Waals surface area contributed by atoms with Crippen molar-refractivity contribution in [2.75, 3.05) is 13.2 Å². The van der Waals surface area contributed by atoms with E-state index < -0.39 is 24.0 Å². The fourth-order valence-corrected chi connectivity index (χ4v) is 2.37. The van der Waals surface area contributed by atoms with Crippen molar-refractivity contribution in [3.63, 3.8) is 0 Å². The highest BCUT2D eigenvalue weighted by Gasteiger charge is 2.38. The molecule has 1 fully saturated rings. The molecule has 0 saturated carbocycles. The summed E-state index contributed by atoms with van der Waals surface area (Å²) >= 11 is 0. The average molecular weight is 293 g/mol. The quantitative estimate of drug-likeness (QED) is 0.833. The summed E-state index contributed by atoms with van der Waals surface area (Å²) in [6, 6.07) is 6.41. The maximum Gasteiger partial charge on any atom is 0.326 e. The molecule has 1 aromatic carbocycles. The Morgan fingerprint density at radius 1 is 1.33 bits per heavy atom. The summed E-state index contributed by atoms with van der Waals surface area (Å²) in [7, 11) is 0. The van der Waals surface area contributed by atoms with Gasteiger partial charge in [0.1, 0.15) is 11.8 Å². The topological polar surface area (TPSA) is 87.1 Å². The number of aryl methyl sites for hydroxylation is 1. The van der Waals surface area contributed by atoms with Gasteiger partial charge in [-0.3, -0.25) is 4.79 Å². The number of carbonyl (C=O) groups excluding carboxylic acids is 1. The van der Waals surface area contributed by atoms with Crippen molar-refractivity contribution >= 4 is 11.9 Å². The van der Waals surface area contributed by atoms with Crippen molar-refractivity contribution in [1.82, 2.24) is 4.90 Å². The summed E-state index contributed by atoms with van der Waals surface area (Å²) in [6.07, 6.45) is 0.191. The van der Waals surface area contributed by atoms with Gasteiger partial charge in [-0.15, -0.1) is 0 Å². The van der Waals surface area contributed by atoms with E-state index in [1.165, 1.54) is 5.56 Å². The maximum absolute atomic E-state index is 12.0. The number of benzene rings is 1. The van der Waals surface area contributed by atoms with Crippen molar-refractivity contribution in [1.29, 1.82) is 0 Å². The second-order valence-electron chi connectivity index (χ2n) is 5.08. The zero-order valence-electron chi connectivity index (χ0n) is 11.9. The third-order valence-corrected chi connectivity index (χ3v) is 3.58. The third kappa shape index (κ3) is 3.72. The molecular formula is C15H19NO5. The van der Waals surface area contributed by atoms with Crippen molar-refractivity contribution < 1.29 is 24.5 Å². The van der Waals surface area contributed by atoms with Crippen LogP contribution in [0, 0.1) is 0 Å². The Hall–Kier alpha value is -2.08. The highest BCUT2D eigenvalue weighted by Crippen LogP contribution is 2.19. The van der Waals surface area contributed by atoms with Gasteiger partial charge in [0.2, 0.25) is 0 Å². The molecule has 6 heteroatoms. The first-order valence-electron chi connectivity index (χ1n) is 6.93. The van der Waals surface area contributed by atoms with Crippen LogP contribution in [0.5, 0.6) is 5.75 Å². The molecule has 114 valence electrons. The van der Waals surface area contributed by atoms with E-state index in [1.807, 2.05) is 19.1 Å². The Labute approximate surface area is 122 Å². The van der Waals surface area contributed by atoms with Crippen LogP contribution in [0.2, 0.25) is 0 Å². The molecule has 2 N–H and O–H groups in total. The molecule has 0 aliphatic carbocycles. The number of hydrogen-bond acceptors (Lipinski definition) is 4. The van der Waals surface area contributed by atoms with E-state index >= 15 is 0 Å². The number of β-amino-alcohol motifs (C(OH)–C–C–N with tert-alkyl or cyclic N) is 1. The van der Waals surface area contributed by atoms with E-state index in [0.717, 1.165) is 11.3 Å². The molecule has 1 aromatic rings. The summed E-state index contributed by atoms with van der Waals surface area (Å²) in [6.45, 7) is 1.85. The minimum atomic E-state index is -1.10. The summed E-state index contributed by atoms with van der Waals surface area (Å²) in [5.74, 6) is -0.974. The minimum absolute atomic E-state index is 0.0356. The molecule has 1 saturated heterocycles. The SMILES string of the molecule is CCc1ccc(OCC(=O)N2C[C@H](O)C[C@H]2C(=O)O)cc1. The third-order valence-electron chi connectivity index (χ3n) is 3.58. The van der Waals surface area contributed by atoms with Gasteiger partial charge in [0, 0.05) is 13.0 Å². The number of carboxylic acid groups (broad SMARTS) is 1. The number of aliphatic hydroxyl groups is 1. The molecule has 0 aromatic heterocycles. The van der Waals surface area contributed by atoms with Gasteiger partial charge in [-0.1, -0.05) is 19.1 Å². The lowest BCUT2D eigenvalue weighted by atomic mass is 10.2. The zero-order valence-corrected chi connectivity index (χ0v) is 11.9. The van der Waals surface area contributed by atoms with Gasteiger partial charge >= 0.3 is 5.97 Å². The largest absolute Gasteiger partial charge is 0.484 e. The first-order valence-corrected chi connectivity index (χ1v) is 6.93. The molecule has 0 bridgehead atoms. The van der Waals surface area contributed by atoms with Crippen LogP contribution in [-0.2, 0) is 16.0 Å². The van der Waals surface area contributed by atoms with Crippen molar-refractivity contribution in [2.24, 2.45) is 0 Å². The first kappa shape index (κ1) is 15.3. The van der Waals surface area contributed by atoms with Gasteiger partial charge in [0.15, 0.2) is 6.61 Å². The number of nitrogens with zero attached hydrogens (tertiary/aromatic N) is 1. The smallest absolute Gasteiger partial charge is 0.326 e. The lowest BCUT2D eigenvalue weighted by molar-refractivity contribution is -0.148. The standard InChI is InChI=1S/C15H19NO5/c1-2-10-3-5-12(6-4-10)21-9-14(18)16-8-11(17)7-13(16)15(19)20/h3-6,11,13,17H,2,7-9H2,1H3,(H,19,20)/t11-,13+/m1/s1. The Morgan fingerprint density at radius 3 is 2.57 bits per heavy atom. The van der Waals surface area contributed by atoms with Crippen molar-refractivity contribution in [3.05, 3.63) is 29.8 Å². The molecule has 1 aliphatic rings. The molecule has 0 spiro atoms. The highest BCUT2D eigenvalue weighted by atomic mass is 16.5. The second-order valence-corrected chi connectivity index (χ2v) is 5.08. The van der Waals surface area contributed by atoms with E-state index in [0.29, 0.717) is 5.75 Å². The molecule has 21 heavy (non-hydrogen) atoms. The lowest BCUT2D eigenvalue weighted by Gasteiger charge is -2.21. The van der Waals surface area contributed by atoms with Crippen LogP contribution in [0.25, 0.3) is 0 Å². The van der Waals surface area contributed by atoms with Gasteiger partial charge in [-0.05, 0) is 24.1 Å². The molecule has 0 radical (unpaired) electrons. The number of rotatable bonds is 5. The predicted molar refractivity (Wildman–Crippen MR) is 75.1 cm³/mol. The number of aliphatic hydroxyl groups excluding tert-OH is 1. The van der Waals surface area contributed by atoms with E-state index in [9.17, 15) is 14.7 Å². The minimum Gasteiger partial charge on any atom is -0.484 e. The predicted octanol–water partition coefficient (Wildman–Crippen LogP) is 0.674. The monoisotopic (exact) mass is 293 g/mol. The summed E-state index contributed by atoms with van der Waals surface area (Å²) in [4.78, 5) is 24.2. The van der Waals surface area contributed by atoms with Gasteiger partial charge in [-0.25, -0.2) is 4.79 Å². The fraction of sp³-hybridized carbons (Fsp3) is 0.467. The van der Waals surface area contributed by atoms with E-state index in [4.69, 9.17) is 9.84 Å². The van der Waals surface area contributed by atoms with Crippen LogP contribution in [0.4, 0.5) is 0 Å². The Morgan fingerprint density at radius 2 is 2.00 bits per heavy atom. The fourth-order valence-electron chi connectivity index (χ4n) is 2.37. The highest BCUT2D eigenvalue weighted by molar-refractivity contribution is 5.85. The molecule has 1 heterocycles. The molecular weight excluding hydrogens is 274 g/mol. The summed E-state index contributed by atoms with van der Waals surface area (Å²) in [5, 5.41) is 18.6. The van der Waals surface area contributed by atoms with Crippen LogP contribution in [-0.4, -0.2) is 52.3 Å². The van der Waals surface area contributed by atoms with Crippen molar-refractivity contribution in [3.8, 4) is 5.75 Å². The van der Waals surface area contributed by atoms with E-state index in [2.05, 4.69) is 0 Å². The number of amides is 1. The molecule has 1 amide bonds. The van der Waals surface area contributed by atoms with Crippen LogP contribution in [0.1, 0.15) is 18.9 Å². The van der Waals surface area contributed by atoms with Gasteiger partial charge < -0.3 is 19.8 Å². The molecule has 0 unspecified atom stereocenters. The van der Waals surface area contributed by atoms with Crippen LogP contribution >= 0.6 is 0 Å². The van der Waals surface area contributed by atoms with Crippen molar-refractivity contribution in [2.45, 2.75) is 31.9 Å². The van der Waals surface area contributed by atoms with Crippen LogP contribution in [0.3, 0.4) is 0 Å². The Kier molecular flexibility index (Phi) is 4.80. The lowest BCUT2D eigenvalue weighted by Crippen LogP contribution is -2.42. The van der Waals surface area contributed by atoms with Gasteiger partial charge in [0.25, 0.3) is 5.91 Å².